The van der Waals surface area contributed by atoms with Crippen molar-refractivity contribution in [2.75, 3.05) is 12.4 Å². The molecule has 5 nitrogen and oxygen atoms in total. The number of amides is 1. The van der Waals surface area contributed by atoms with Gasteiger partial charge in [-0.25, -0.2) is 0 Å². The first kappa shape index (κ1) is 17.9. The molecule has 0 saturated carbocycles. The number of nitrogens with one attached hydrogen (secondary N) is 1. The van der Waals surface area contributed by atoms with Gasteiger partial charge in [-0.3, -0.25) is 4.79 Å². The highest BCUT2D eigenvalue weighted by molar-refractivity contribution is 9.10. The van der Waals surface area contributed by atoms with E-state index in [4.69, 9.17) is 16.3 Å². The van der Waals surface area contributed by atoms with Crippen molar-refractivity contribution in [2.45, 2.75) is 0 Å². The van der Waals surface area contributed by atoms with Crippen molar-refractivity contribution in [1.82, 2.24) is 0 Å². The van der Waals surface area contributed by atoms with Crippen molar-refractivity contribution >= 4 is 45.2 Å². The van der Waals surface area contributed by atoms with Gasteiger partial charge in [0.15, 0.2) is 5.75 Å². The molecule has 0 saturated heterocycles. The zero-order chi connectivity index (χ0) is 17.7. The predicted molar refractivity (Wildman–Crippen MR) is 96.0 cm³/mol. The minimum Gasteiger partial charge on any atom is -0.508 e. The van der Waals surface area contributed by atoms with Gasteiger partial charge in [-0.1, -0.05) is 11.6 Å². The normalized spacial score (nSPS) is 10.8. The molecule has 2 aromatic carbocycles. The summed E-state index contributed by atoms with van der Waals surface area (Å²) < 4.78 is 5.75. The number of hydrogen-bond donors (Lipinski definition) is 2. The molecule has 0 spiro atoms. The molecule has 1 amide bonds. The smallest absolute Gasteiger partial charge is 0.266 e. The Labute approximate surface area is 152 Å². The monoisotopic (exact) mass is 406 g/mol. The molecular weight excluding hydrogens is 396 g/mol. The highest BCUT2D eigenvalue weighted by Crippen LogP contribution is 2.34. The number of phenols is 1. The average Bonchev–Trinajstić information content (AvgIpc) is 2.54. The van der Waals surface area contributed by atoms with Crippen LogP contribution >= 0.6 is 27.5 Å². The molecule has 0 aliphatic carbocycles. The summed E-state index contributed by atoms with van der Waals surface area (Å²) in [6.45, 7) is 0. The van der Waals surface area contributed by atoms with Crippen LogP contribution in [0.4, 0.5) is 5.69 Å². The second-order valence-corrected chi connectivity index (χ2v) is 5.95. The average molecular weight is 408 g/mol. The number of anilines is 1. The Morgan fingerprint density at radius 1 is 1.38 bits per heavy atom. The highest BCUT2D eigenvalue weighted by atomic mass is 79.9. The van der Waals surface area contributed by atoms with Crippen LogP contribution in [0.5, 0.6) is 11.5 Å². The number of carbonyl (C=O) groups is 1. The molecule has 0 radical (unpaired) electrons. The second kappa shape index (κ2) is 7.86. The lowest BCUT2D eigenvalue weighted by Gasteiger charge is -2.08. The van der Waals surface area contributed by atoms with E-state index in [1.807, 2.05) is 6.07 Å². The van der Waals surface area contributed by atoms with Gasteiger partial charge in [0.05, 0.1) is 16.6 Å². The van der Waals surface area contributed by atoms with E-state index >= 15 is 0 Å². The standard InChI is InChI=1S/C17H12BrClN2O3/c1-24-16-14(18)7-10(8-15(16)19)6-11(9-20)17(23)21-12-2-4-13(22)5-3-12/h2-8,22H,1H3,(H,21,23)/b11-6-. The maximum Gasteiger partial charge on any atom is 0.266 e. The van der Waals surface area contributed by atoms with Crippen LogP contribution in [0.15, 0.2) is 46.4 Å². The largest absolute Gasteiger partial charge is 0.508 e. The summed E-state index contributed by atoms with van der Waals surface area (Å²) in [7, 11) is 1.49. The van der Waals surface area contributed by atoms with Crippen molar-refractivity contribution in [3.8, 4) is 17.6 Å². The lowest BCUT2D eigenvalue weighted by Crippen LogP contribution is -2.13. The van der Waals surface area contributed by atoms with Crippen LogP contribution < -0.4 is 10.1 Å². The molecule has 0 unspecified atom stereocenters. The number of hydrogen-bond acceptors (Lipinski definition) is 4. The van der Waals surface area contributed by atoms with E-state index in [1.54, 1.807) is 12.1 Å². The molecule has 2 rings (SSSR count). The quantitative estimate of drug-likeness (QED) is 0.448. The third kappa shape index (κ3) is 4.28. The highest BCUT2D eigenvalue weighted by Gasteiger charge is 2.12. The van der Waals surface area contributed by atoms with Crippen LogP contribution in [0.25, 0.3) is 6.08 Å². The van der Waals surface area contributed by atoms with Crippen molar-refractivity contribution in [2.24, 2.45) is 0 Å². The van der Waals surface area contributed by atoms with E-state index in [1.165, 1.54) is 37.5 Å². The third-order valence-corrected chi connectivity index (χ3v) is 3.90. The van der Waals surface area contributed by atoms with E-state index in [9.17, 15) is 15.2 Å². The van der Waals surface area contributed by atoms with E-state index in [-0.39, 0.29) is 11.3 Å². The first-order valence-electron chi connectivity index (χ1n) is 6.70. The molecule has 0 bridgehead atoms. The second-order valence-electron chi connectivity index (χ2n) is 4.69. The lowest BCUT2D eigenvalue weighted by molar-refractivity contribution is -0.112. The SMILES string of the molecule is COc1c(Cl)cc(/C=C(/C#N)C(=O)Nc2ccc(O)cc2)cc1Br. The zero-order valence-electron chi connectivity index (χ0n) is 12.5. The Kier molecular flexibility index (Phi) is 5.85. The van der Waals surface area contributed by atoms with Crippen molar-refractivity contribution in [3.63, 3.8) is 0 Å². The summed E-state index contributed by atoms with van der Waals surface area (Å²) in [5, 5.41) is 21.4. The van der Waals surface area contributed by atoms with Gasteiger partial charge in [-0.15, -0.1) is 0 Å². The van der Waals surface area contributed by atoms with Crippen molar-refractivity contribution in [3.05, 3.63) is 57.0 Å². The topological polar surface area (TPSA) is 82.3 Å². The molecule has 0 aliphatic heterocycles. The fraction of sp³-hybridized carbons (Fsp3) is 0.0588. The summed E-state index contributed by atoms with van der Waals surface area (Å²) in [6, 6.07) is 11.1. The molecule has 122 valence electrons. The first-order valence-corrected chi connectivity index (χ1v) is 7.87. The Morgan fingerprint density at radius 2 is 2.04 bits per heavy atom. The maximum absolute atomic E-state index is 12.2. The molecule has 0 aliphatic rings. The minimum atomic E-state index is -0.564. The summed E-state index contributed by atoms with van der Waals surface area (Å²) in [5.74, 6) is -0.00565. The Bertz CT molecular complexity index is 819. The van der Waals surface area contributed by atoms with Gasteiger partial charge in [-0.05, 0) is 64.0 Å². The molecule has 7 heteroatoms. The number of methoxy groups -OCH3 is 1. The van der Waals surface area contributed by atoms with Gasteiger partial charge in [0.1, 0.15) is 17.4 Å². The van der Waals surface area contributed by atoms with Gasteiger partial charge in [-0.2, -0.15) is 5.26 Å². The Morgan fingerprint density at radius 3 is 2.58 bits per heavy atom. The number of phenolic OH excluding ortho intramolecular Hbond substituents is 1. The summed E-state index contributed by atoms with van der Waals surface area (Å²) >= 11 is 9.42. The van der Waals surface area contributed by atoms with Crippen LogP contribution in [0.3, 0.4) is 0 Å². The maximum atomic E-state index is 12.2. The minimum absolute atomic E-state index is 0.0850. The van der Waals surface area contributed by atoms with Crippen LogP contribution in [0.2, 0.25) is 5.02 Å². The Hall–Kier alpha value is -2.49. The van der Waals surface area contributed by atoms with Gasteiger partial charge < -0.3 is 15.2 Å². The number of benzene rings is 2. The van der Waals surface area contributed by atoms with Gasteiger partial charge in [0.25, 0.3) is 5.91 Å². The van der Waals surface area contributed by atoms with Crippen LogP contribution in [0, 0.1) is 11.3 Å². The van der Waals surface area contributed by atoms with Gasteiger partial charge >= 0.3 is 0 Å². The zero-order valence-corrected chi connectivity index (χ0v) is 14.9. The lowest BCUT2D eigenvalue weighted by atomic mass is 10.1. The van der Waals surface area contributed by atoms with Crippen LogP contribution in [-0.4, -0.2) is 18.1 Å². The Balaban J connectivity index is 2.27. The van der Waals surface area contributed by atoms with Crippen LogP contribution in [-0.2, 0) is 4.79 Å². The van der Waals surface area contributed by atoms with E-state index in [2.05, 4.69) is 21.2 Å². The third-order valence-electron chi connectivity index (χ3n) is 3.03. The van der Waals surface area contributed by atoms with E-state index < -0.39 is 5.91 Å². The number of ether oxygens (including phenoxy) is 1. The van der Waals surface area contributed by atoms with Crippen molar-refractivity contribution < 1.29 is 14.6 Å². The fourth-order valence-electron chi connectivity index (χ4n) is 1.92. The number of rotatable bonds is 4. The molecular formula is C17H12BrClN2O3. The van der Waals surface area contributed by atoms with Crippen molar-refractivity contribution in [1.29, 1.82) is 5.26 Å². The summed E-state index contributed by atoms with van der Waals surface area (Å²) in [5.41, 5.74) is 0.953. The number of aromatic hydroxyl groups is 1. The molecule has 0 heterocycles. The number of halogens is 2. The first-order chi connectivity index (χ1) is 11.4. The number of carbonyl (C=O) groups excluding carboxylic acids is 1. The van der Waals surface area contributed by atoms with E-state index in [0.717, 1.165) is 0 Å². The fourth-order valence-corrected chi connectivity index (χ4v) is 2.98. The summed E-state index contributed by atoms with van der Waals surface area (Å²) in [6.07, 6.45) is 1.42. The predicted octanol–water partition coefficient (Wildman–Crippen LogP) is 4.36. The van der Waals surface area contributed by atoms with Crippen LogP contribution in [0.1, 0.15) is 5.56 Å². The molecule has 0 fully saturated rings. The van der Waals surface area contributed by atoms with Gasteiger partial charge in [0, 0.05) is 5.69 Å². The summed E-state index contributed by atoms with van der Waals surface area (Å²) in [4.78, 5) is 12.2. The molecule has 0 aromatic heterocycles. The van der Waals surface area contributed by atoms with Gasteiger partial charge in [0.2, 0.25) is 0 Å². The number of nitrogens with zero attached hydrogens (tertiary/aromatic N) is 1. The molecule has 24 heavy (non-hydrogen) atoms. The molecule has 0 atom stereocenters. The molecule has 2 aromatic rings. The molecule has 2 N–H and O–H groups in total. The van der Waals surface area contributed by atoms with E-state index in [0.29, 0.717) is 26.5 Å². The number of nitriles is 1.